The Balaban J connectivity index is 2.11. The molecule has 1 N–H and O–H groups in total. The molecule has 27 heavy (non-hydrogen) atoms. The van der Waals surface area contributed by atoms with E-state index in [1.54, 1.807) is 0 Å². The summed E-state index contributed by atoms with van der Waals surface area (Å²) >= 11 is 0. The van der Waals surface area contributed by atoms with E-state index >= 15 is 0 Å². The van der Waals surface area contributed by atoms with Crippen LogP contribution < -0.4 is 0 Å². The molecule has 0 aliphatic carbocycles. The lowest BCUT2D eigenvalue weighted by molar-refractivity contribution is -0.149. The van der Waals surface area contributed by atoms with Crippen molar-refractivity contribution in [3.8, 4) is 0 Å². The fraction of sp³-hybridized carbons (Fsp3) is 0.167. The molecule has 2 aromatic carbocycles. The van der Waals surface area contributed by atoms with Crippen LogP contribution in [0.5, 0.6) is 0 Å². The van der Waals surface area contributed by atoms with Crippen molar-refractivity contribution in [2.24, 2.45) is 0 Å². The largest absolute Gasteiger partial charge is 0.467 e. The van der Waals surface area contributed by atoms with Crippen molar-refractivity contribution in [2.75, 3.05) is 7.11 Å². The molecule has 0 bridgehead atoms. The molecular formula is C18H12F3NO5. The summed E-state index contributed by atoms with van der Waals surface area (Å²) in [6, 6.07) is 4.16. The van der Waals surface area contributed by atoms with Crippen molar-refractivity contribution in [2.45, 2.75) is 12.1 Å². The van der Waals surface area contributed by atoms with Crippen LogP contribution in [-0.4, -0.2) is 40.9 Å². The first-order valence-electron chi connectivity index (χ1n) is 7.65. The molecule has 2 amide bonds. The van der Waals surface area contributed by atoms with Crippen LogP contribution in [0.25, 0.3) is 0 Å². The number of nitrogens with zero attached hydrogens (tertiary/aromatic N) is 1. The molecule has 1 aliphatic heterocycles. The van der Waals surface area contributed by atoms with Crippen molar-refractivity contribution in [1.82, 2.24) is 4.90 Å². The third-order valence-electron chi connectivity index (χ3n) is 4.18. The molecule has 0 spiro atoms. The lowest BCUT2D eigenvalue weighted by Gasteiger charge is -2.28. The van der Waals surface area contributed by atoms with Gasteiger partial charge in [0.1, 0.15) is 23.6 Å². The molecule has 2 atom stereocenters. The first-order chi connectivity index (χ1) is 12.8. The van der Waals surface area contributed by atoms with Crippen LogP contribution in [0.15, 0.2) is 36.4 Å². The Kier molecular flexibility index (Phi) is 4.71. The fourth-order valence-electron chi connectivity index (χ4n) is 2.95. The molecule has 2 aromatic rings. The van der Waals surface area contributed by atoms with Gasteiger partial charge in [0, 0.05) is 12.1 Å². The number of carbonyl (C=O) groups is 3. The van der Waals surface area contributed by atoms with Crippen LogP contribution in [0.3, 0.4) is 0 Å². The number of fused-ring (bicyclic) bond motifs is 1. The summed E-state index contributed by atoms with van der Waals surface area (Å²) in [6.07, 6.45) is -2.32. The van der Waals surface area contributed by atoms with Gasteiger partial charge in [-0.3, -0.25) is 14.5 Å². The fourth-order valence-corrected chi connectivity index (χ4v) is 2.95. The van der Waals surface area contributed by atoms with E-state index in [1.807, 2.05) is 0 Å². The van der Waals surface area contributed by atoms with Crippen LogP contribution in [0.2, 0.25) is 0 Å². The minimum absolute atomic E-state index is 0.0383. The summed E-state index contributed by atoms with van der Waals surface area (Å²) in [7, 11) is 0.914. The van der Waals surface area contributed by atoms with Gasteiger partial charge in [0.15, 0.2) is 6.04 Å². The Hall–Kier alpha value is -3.20. The highest BCUT2D eigenvalue weighted by atomic mass is 19.1. The van der Waals surface area contributed by atoms with Gasteiger partial charge < -0.3 is 9.84 Å². The second-order valence-electron chi connectivity index (χ2n) is 5.72. The summed E-state index contributed by atoms with van der Waals surface area (Å²) in [5, 5.41) is 10.5. The zero-order valence-electron chi connectivity index (χ0n) is 13.8. The third-order valence-corrected chi connectivity index (χ3v) is 4.18. The maximum absolute atomic E-state index is 14.1. The zero-order chi connectivity index (χ0) is 19.9. The average Bonchev–Trinajstić information content (AvgIpc) is 2.86. The molecule has 6 nitrogen and oxygen atoms in total. The number of methoxy groups -OCH3 is 1. The Bertz CT molecular complexity index is 904. The minimum Gasteiger partial charge on any atom is -0.467 e. The van der Waals surface area contributed by atoms with Crippen LogP contribution in [0, 0.1) is 17.5 Å². The monoisotopic (exact) mass is 379 g/mol. The summed E-state index contributed by atoms with van der Waals surface area (Å²) in [5.74, 6) is -7.35. The number of aliphatic hydroxyl groups is 1. The Morgan fingerprint density at radius 3 is 1.96 bits per heavy atom. The predicted octanol–water partition coefficient (Wildman–Crippen LogP) is 1.98. The normalized spacial score (nSPS) is 15.5. The second kappa shape index (κ2) is 6.84. The molecule has 0 saturated carbocycles. The van der Waals surface area contributed by atoms with Crippen LogP contribution in [0.1, 0.15) is 32.4 Å². The van der Waals surface area contributed by atoms with Crippen molar-refractivity contribution in [1.29, 1.82) is 0 Å². The number of hydrogen-bond donors (Lipinski definition) is 1. The van der Waals surface area contributed by atoms with Gasteiger partial charge in [-0.1, -0.05) is 12.1 Å². The molecule has 1 heterocycles. The number of esters is 1. The lowest BCUT2D eigenvalue weighted by atomic mass is 9.99. The molecule has 2 unspecified atom stereocenters. The number of halogens is 3. The quantitative estimate of drug-likeness (QED) is 0.649. The van der Waals surface area contributed by atoms with E-state index in [0.29, 0.717) is 17.0 Å². The Labute approximate surface area is 150 Å². The molecule has 140 valence electrons. The standard InChI is InChI=1S/C18H12F3NO5/c1-27-18(26)14(15(23)13-11(20)6-8(19)7-12(13)21)22-16(24)9-4-2-3-5-10(9)17(22)25/h2-7,14-15,23H,1H3. The number of imide groups is 1. The minimum atomic E-state index is -2.32. The smallest absolute Gasteiger partial charge is 0.332 e. The van der Waals surface area contributed by atoms with Gasteiger partial charge in [-0.2, -0.15) is 0 Å². The van der Waals surface area contributed by atoms with E-state index in [4.69, 9.17) is 0 Å². The van der Waals surface area contributed by atoms with E-state index in [1.165, 1.54) is 24.3 Å². The maximum Gasteiger partial charge on any atom is 0.332 e. The maximum atomic E-state index is 14.1. The van der Waals surface area contributed by atoms with Crippen molar-refractivity contribution in [3.05, 3.63) is 70.5 Å². The first kappa shape index (κ1) is 18.6. The predicted molar refractivity (Wildman–Crippen MR) is 84.0 cm³/mol. The van der Waals surface area contributed by atoms with E-state index in [-0.39, 0.29) is 11.1 Å². The summed E-state index contributed by atoms with van der Waals surface area (Å²) in [4.78, 5) is 37.7. The molecule has 0 aromatic heterocycles. The topological polar surface area (TPSA) is 83.9 Å². The van der Waals surface area contributed by atoms with Gasteiger partial charge in [-0.15, -0.1) is 0 Å². The van der Waals surface area contributed by atoms with E-state index in [2.05, 4.69) is 4.74 Å². The first-order valence-corrected chi connectivity index (χ1v) is 7.65. The highest BCUT2D eigenvalue weighted by Crippen LogP contribution is 2.33. The van der Waals surface area contributed by atoms with E-state index < -0.39 is 52.9 Å². The van der Waals surface area contributed by atoms with Gasteiger partial charge in [-0.05, 0) is 12.1 Å². The van der Waals surface area contributed by atoms with E-state index in [0.717, 1.165) is 7.11 Å². The van der Waals surface area contributed by atoms with Gasteiger partial charge >= 0.3 is 5.97 Å². The van der Waals surface area contributed by atoms with Crippen LogP contribution in [0.4, 0.5) is 13.2 Å². The summed E-state index contributed by atoms with van der Waals surface area (Å²) in [6.45, 7) is 0. The van der Waals surface area contributed by atoms with Gasteiger partial charge in [-0.25, -0.2) is 18.0 Å². The molecular weight excluding hydrogens is 367 g/mol. The lowest BCUT2D eigenvalue weighted by Crippen LogP contribution is -2.49. The number of rotatable bonds is 4. The highest BCUT2D eigenvalue weighted by Gasteiger charge is 2.47. The number of benzene rings is 2. The van der Waals surface area contributed by atoms with E-state index in [9.17, 15) is 32.7 Å². The van der Waals surface area contributed by atoms with Gasteiger partial charge in [0.05, 0.1) is 23.8 Å². The molecule has 9 heteroatoms. The SMILES string of the molecule is COC(=O)C(C(O)c1c(F)cc(F)cc1F)N1C(=O)c2ccccc2C1=O. The second-order valence-corrected chi connectivity index (χ2v) is 5.72. The number of amides is 2. The molecule has 0 radical (unpaired) electrons. The Morgan fingerprint density at radius 2 is 1.52 bits per heavy atom. The third kappa shape index (κ3) is 2.95. The van der Waals surface area contributed by atoms with Crippen molar-refractivity contribution in [3.63, 3.8) is 0 Å². The Morgan fingerprint density at radius 1 is 1.04 bits per heavy atom. The zero-order valence-corrected chi connectivity index (χ0v) is 13.8. The molecule has 0 saturated heterocycles. The number of aliphatic hydroxyl groups excluding tert-OH is 1. The summed E-state index contributed by atoms with van der Waals surface area (Å²) < 4.78 is 45.7. The molecule has 0 fully saturated rings. The number of hydrogen-bond acceptors (Lipinski definition) is 5. The summed E-state index contributed by atoms with van der Waals surface area (Å²) in [5.41, 5.74) is -1.14. The van der Waals surface area contributed by atoms with Crippen LogP contribution in [-0.2, 0) is 9.53 Å². The van der Waals surface area contributed by atoms with Crippen molar-refractivity contribution >= 4 is 17.8 Å². The number of carbonyl (C=O) groups excluding carboxylic acids is 3. The molecule has 1 aliphatic rings. The van der Waals surface area contributed by atoms with Crippen molar-refractivity contribution < 1.29 is 37.4 Å². The number of ether oxygens (including phenoxy) is 1. The molecule has 3 rings (SSSR count). The average molecular weight is 379 g/mol. The highest BCUT2D eigenvalue weighted by molar-refractivity contribution is 6.22. The van der Waals surface area contributed by atoms with Gasteiger partial charge in [0.25, 0.3) is 11.8 Å². The van der Waals surface area contributed by atoms with Gasteiger partial charge in [0.2, 0.25) is 0 Å². The van der Waals surface area contributed by atoms with Crippen LogP contribution >= 0.6 is 0 Å².